The van der Waals surface area contributed by atoms with Gasteiger partial charge in [-0.2, -0.15) is 0 Å². The van der Waals surface area contributed by atoms with Gasteiger partial charge in [0.25, 0.3) is 0 Å². The van der Waals surface area contributed by atoms with E-state index in [2.05, 4.69) is 20.4 Å². The minimum Gasteiger partial charge on any atom is -0.346 e. The van der Waals surface area contributed by atoms with Crippen molar-refractivity contribution in [2.45, 2.75) is 58.0 Å². The zero-order chi connectivity index (χ0) is 20.6. The van der Waals surface area contributed by atoms with Crippen LogP contribution in [0.15, 0.2) is 24.3 Å². The first-order valence-electron chi connectivity index (χ1n) is 11.1. The second-order valence-electron chi connectivity index (χ2n) is 11.9. The Morgan fingerprint density at radius 3 is 2.59 bits per heavy atom. The maximum absolute atomic E-state index is 14.3. The molecule has 5 heteroatoms. The first-order valence-corrected chi connectivity index (χ1v) is 11.1. The molecule has 4 spiro atoms. The van der Waals surface area contributed by atoms with Gasteiger partial charge in [0.2, 0.25) is 0 Å². The lowest BCUT2D eigenvalue weighted by Crippen LogP contribution is -3.01. The molecule has 2 N–H and O–H groups in total. The van der Waals surface area contributed by atoms with Gasteiger partial charge in [-0.25, -0.2) is 0 Å². The smallest absolute Gasteiger partial charge is 0.197 e. The topological polar surface area (TPSA) is 78.6 Å². The van der Waals surface area contributed by atoms with Crippen molar-refractivity contribution >= 4 is 11.6 Å². The Balaban J connectivity index is 1.57. The Labute approximate surface area is 171 Å². The third-order valence-corrected chi connectivity index (χ3v) is 10.7. The summed E-state index contributed by atoms with van der Waals surface area (Å²) in [6.45, 7) is 13.0. The highest BCUT2D eigenvalue weighted by Crippen LogP contribution is 2.91. The van der Waals surface area contributed by atoms with Crippen LogP contribution in [0.4, 0.5) is 0 Å². The zero-order valence-electron chi connectivity index (χ0n) is 17.6. The maximum atomic E-state index is 14.3. The molecule has 0 aromatic carbocycles. The fourth-order valence-electron chi connectivity index (χ4n) is 10.2. The van der Waals surface area contributed by atoms with Crippen molar-refractivity contribution in [1.82, 2.24) is 0 Å². The average molecular weight is 395 g/mol. The molecule has 9 unspecified atom stereocenters. The summed E-state index contributed by atoms with van der Waals surface area (Å²) in [4.78, 5) is 27.8. The van der Waals surface area contributed by atoms with Crippen LogP contribution in [0, 0.1) is 45.3 Å². The summed E-state index contributed by atoms with van der Waals surface area (Å²) >= 11 is 0. The van der Waals surface area contributed by atoms with E-state index in [1.807, 2.05) is 19.9 Å². The van der Waals surface area contributed by atoms with E-state index in [1.54, 1.807) is 6.08 Å². The summed E-state index contributed by atoms with van der Waals surface area (Å²) in [5.41, 5.74) is 4.95. The number of ketones is 2. The van der Waals surface area contributed by atoms with Gasteiger partial charge < -0.3 is 15.2 Å². The summed E-state index contributed by atoms with van der Waals surface area (Å²) in [6.07, 6.45) is 5.58. The normalized spacial score (nSPS) is 61.4. The lowest BCUT2D eigenvalue weighted by atomic mass is 9.16. The molecule has 8 fully saturated rings. The number of carbonyl (C=O) groups excluding carboxylic acids is 2. The number of nitrogens with two attached hydrogens (primary N) is 1. The molecule has 9 atom stereocenters. The van der Waals surface area contributed by atoms with E-state index in [-0.39, 0.29) is 34.7 Å². The number of Topliss-reactive ketones (excluding diaryl/α,β-unsaturated/α-hetero) is 1. The Bertz CT molecular complexity index is 995. The highest BCUT2D eigenvalue weighted by atomic mass is 16.7. The molecular formula is C24H29NO4. The van der Waals surface area contributed by atoms with Gasteiger partial charge in [0.15, 0.2) is 17.4 Å². The van der Waals surface area contributed by atoms with Gasteiger partial charge in [-0.15, -0.1) is 0 Å². The van der Waals surface area contributed by atoms with E-state index in [0.29, 0.717) is 12.5 Å². The largest absolute Gasteiger partial charge is 0.346 e. The summed E-state index contributed by atoms with van der Waals surface area (Å²) < 4.78 is 13.4. The maximum Gasteiger partial charge on any atom is 0.197 e. The lowest BCUT2D eigenvalue weighted by molar-refractivity contribution is -0.513. The predicted molar refractivity (Wildman–Crippen MR) is 104 cm³/mol. The van der Waals surface area contributed by atoms with Gasteiger partial charge in [-0.3, -0.25) is 9.59 Å². The van der Waals surface area contributed by atoms with E-state index in [0.717, 1.165) is 18.4 Å². The number of allylic oxidation sites excluding steroid dienone is 2. The highest BCUT2D eigenvalue weighted by Gasteiger charge is 3.00. The number of hydrogen-bond donors (Lipinski definition) is 1. The molecule has 0 aromatic rings. The molecule has 154 valence electrons. The molecule has 0 radical (unpaired) electrons. The molecule has 4 heterocycles. The SMILES string of the molecule is C=C1C2CCC3C45COC6(OC(C)(C)C17C(=O)C36C27)C(N)C4C(C)(C)C=CC5=O. The molecule has 4 bridgehead atoms. The standard InChI is InChI=1S/C24H29NO4/c1-11-12-6-7-13-21-10-28-24(17(25)16(21)19(2,3)9-8-14(21)26)23(13)15(12)22(11,18(23)27)20(4,5)29-24/h8-9,12-13,15-17H,1,6-7,10,25H2,2-5H3. The predicted octanol–water partition coefficient (Wildman–Crippen LogP) is 2.40. The molecule has 5 aliphatic carbocycles. The van der Waals surface area contributed by atoms with Crippen LogP contribution in [0.3, 0.4) is 0 Å². The molecular weight excluding hydrogens is 366 g/mol. The molecule has 0 amide bonds. The summed E-state index contributed by atoms with van der Waals surface area (Å²) in [5, 5.41) is 0. The van der Waals surface area contributed by atoms with Crippen molar-refractivity contribution in [3.63, 3.8) is 0 Å². The van der Waals surface area contributed by atoms with E-state index in [4.69, 9.17) is 15.2 Å². The average Bonchev–Trinajstić information content (AvgIpc) is 2.63. The van der Waals surface area contributed by atoms with Crippen LogP contribution in [0.2, 0.25) is 0 Å². The highest BCUT2D eigenvalue weighted by molar-refractivity contribution is 6.08. The molecule has 4 saturated carbocycles. The van der Waals surface area contributed by atoms with Gasteiger partial charge in [0.1, 0.15) is 0 Å². The third kappa shape index (κ3) is 1.16. The zero-order valence-corrected chi connectivity index (χ0v) is 17.6. The Morgan fingerprint density at radius 2 is 1.86 bits per heavy atom. The fraction of sp³-hybridized carbons (Fsp3) is 0.750. The summed E-state index contributed by atoms with van der Waals surface area (Å²) in [7, 11) is 0. The summed E-state index contributed by atoms with van der Waals surface area (Å²) in [6, 6.07) is -0.523. The molecule has 29 heavy (non-hydrogen) atoms. The van der Waals surface area contributed by atoms with Crippen molar-refractivity contribution in [1.29, 1.82) is 0 Å². The first-order chi connectivity index (χ1) is 13.5. The lowest BCUT2D eigenvalue weighted by Gasteiger charge is -2.91. The van der Waals surface area contributed by atoms with Crippen LogP contribution in [0.5, 0.6) is 0 Å². The second-order valence-corrected chi connectivity index (χ2v) is 11.9. The van der Waals surface area contributed by atoms with Crippen molar-refractivity contribution in [2.24, 2.45) is 51.1 Å². The van der Waals surface area contributed by atoms with Crippen LogP contribution in [0.25, 0.3) is 0 Å². The number of fused-ring (bicyclic) bond motifs is 2. The van der Waals surface area contributed by atoms with Gasteiger partial charge in [0, 0.05) is 11.8 Å². The van der Waals surface area contributed by atoms with Gasteiger partial charge in [-0.1, -0.05) is 32.1 Å². The molecule has 4 aliphatic heterocycles. The monoisotopic (exact) mass is 395 g/mol. The van der Waals surface area contributed by atoms with Crippen molar-refractivity contribution in [3.8, 4) is 0 Å². The van der Waals surface area contributed by atoms with Gasteiger partial charge in [0.05, 0.1) is 34.5 Å². The van der Waals surface area contributed by atoms with Crippen LogP contribution in [-0.4, -0.2) is 35.6 Å². The van der Waals surface area contributed by atoms with E-state index in [9.17, 15) is 9.59 Å². The van der Waals surface area contributed by atoms with Crippen molar-refractivity contribution < 1.29 is 19.1 Å². The first kappa shape index (κ1) is 17.4. The number of ether oxygens (including phenoxy) is 2. The number of rotatable bonds is 0. The van der Waals surface area contributed by atoms with E-state index < -0.39 is 33.7 Å². The van der Waals surface area contributed by atoms with Gasteiger partial charge in [-0.05, 0) is 50.0 Å². The van der Waals surface area contributed by atoms with Crippen molar-refractivity contribution in [2.75, 3.05) is 6.61 Å². The quantitative estimate of drug-likeness (QED) is 0.637. The summed E-state index contributed by atoms with van der Waals surface area (Å²) in [5.74, 6) is -0.550. The Morgan fingerprint density at radius 1 is 1.14 bits per heavy atom. The van der Waals surface area contributed by atoms with Crippen LogP contribution in [0.1, 0.15) is 40.5 Å². The Hall–Kier alpha value is -1.30. The third-order valence-electron chi connectivity index (χ3n) is 10.7. The number of carbonyl (C=O) groups is 2. The molecule has 9 aliphatic rings. The van der Waals surface area contributed by atoms with Crippen molar-refractivity contribution in [3.05, 3.63) is 24.3 Å². The molecule has 9 rings (SSSR count). The second kappa shape index (κ2) is 4.09. The minimum absolute atomic E-state index is 0.0589. The Kier molecular flexibility index (Phi) is 2.45. The molecule has 5 nitrogen and oxygen atoms in total. The number of hydrogen-bond acceptors (Lipinski definition) is 5. The van der Waals surface area contributed by atoms with Crippen LogP contribution in [-0.2, 0) is 19.1 Å². The van der Waals surface area contributed by atoms with E-state index >= 15 is 0 Å². The van der Waals surface area contributed by atoms with Crippen LogP contribution >= 0.6 is 0 Å². The minimum atomic E-state index is -1.14. The molecule has 4 saturated heterocycles. The molecule has 0 aromatic heterocycles. The van der Waals surface area contributed by atoms with Crippen LogP contribution < -0.4 is 5.73 Å². The van der Waals surface area contributed by atoms with E-state index in [1.165, 1.54) is 0 Å². The van der Waals surface area contributed by atoms with Gasteiger partial charge >= 0.3 is 0 Å². The fourth-order valence-corrected chi connectivity index (χ4v) is 10.2.